The molecule has 3 heterocycles. The van der Waals surface area contributed by atoms with Crippen molar-refractivity contribution in [2.45, 2.75) is 206 Å². The molecule has 0 amide bonds. The van der Waals surface area contributed by atoms with Gasteiger partial charge >= 0.3 is 0 Å². The molecule has 3 rings (SSSR count). The lowest BCUT2D eigenvalue weighted by Gasteiger charge is -2.56. The fourth-order valence-corrected chi connectivity index (χ4v) is 9.36. The number of unbranched alkanes of at least 4 members (excludes halogenated alkanes) is 10. The SMILES string of the molecule is CCCCCCCCN1C(C)(C)CC(ON2CN(Cl)CN(OC3CC(C)(C)N(CCCCCCCC)C(C)(C)C3)C2)CC1(C)C. The van der Waals surface area contributed by atoms with Crippen molar-refractivity contribution in [2.24, 2.45) is 0 Å². The van der Waals surface area contributed by atoms with Gasteiger partial charge in [-0.1, -0.05) is 78.1 Å². The average molecular weight is 656 g/mol. The molecule has 0 N–H and O–H groups in total. The summed E-state index contributed by atoms with van der Waals surface area (Å²) in [4.78, 5) is 19.0. The topological polar surface area (TPSA) is 34.7 Å². The van der Waals surface area contributed by atoms with E-state index in [0.717, 1.165) is 25.7 Å². The zero-order valence-electron chi connectivity index (χ0n) is 31.4. The number of nitrogens with zero attached hydrogens (tertiary/aromatic N) is 5. The van der Waals surface area contributed by atoms with E-state index in [9.17, 15) is 0 Å². The summed E-state index contributed by atoms with van der Waals surface area (Å²) in [6.45, 7) is 27.9. The van der Waals surface area contributed by atoms with Gasteiger partial charge in [-0.3, -0.25) is 19.5 Å². The maximum atomic E-state index is 6.74. The Balaban J connectivity index is 1.52. The van der Waals surface area contributed by atoms with Gasteiger partial charge in [0.05, 0.1) is 25.5 Å². The number of rotatable bonds is 18. The Morgan fingerprint density at radius 2 is 0.800 bits per heavy atom. The lowest BCUT2D eigenvalue weighted by molar-refractivity contribution is -0.338. The lowest BCUT2D eigenvalue weighted by atomic mass is 9.78. The van der Waals surface area contributed by atoms with Crippen molar-refractivity contribution in [2.75, 3.05) is 33.1 Å². The molecule has 45 heavy (non-hydrogen) atoms. The highest BCUT2D eigenvalue weighted by Gasteiger charge is 2.48. The largest absolute Gasteiger partial charge is 0.293 e. The van der Waals surface area contributed by atoms with Crippen LogP contribution < -0.4 is 0 Å². The van der Waals surface area contributed by atoms with Crippen LogP contribution in [-0.4, -0.2) is 91.8 Å². The van der Waals surface area contributed by atoms with Crippen LogP contribution in [0.1, 0.15) is 172 Å². The molecule has 3 fully saturated rings. The van der Waals surface area contributed by atoms with Crippen LogP contribution in [0, 0.1) is 0 Å². The van der Waals surface area contributed by atoms with Crippen molar-refractivity contribution < 1.29 is 9.68 Å². The molecule has 0 unspecified atom stereocenters. The highest BCUT2D eigenvalue weighted by Crippen LogP contribution is 2.42. The second-order valence-corrected chi connectivity index (χ2v) is 17.7. The molecule has 0 aromatic carbocycles. The molecule has 0 spiro atoms. The summed E-state index contributed by atoms with van der Waals surface area (Å²) in [5.74, 6) is 0. The van der Waals surface area contributed by atoms with Gasteiger partial charge in [0.15, 0.2) is 0 Å². The minimum absolute atomic E-state index is 0.0864. The van der Waals surface area contributed by atoms with E-state index in [0.29, 0.717) is 20.0 Å². The Morgan fingerprint density at radius 3 is 1.13 bits per heavy atom. The van der Waals surface area contributed by atoms with Crippen molar-refractivity contribution in [3.05, 3.63) is 0 Å². The summed E-state index contributed by atoms with van der Waals surface area (Å²) in [6, 6.07) is 0. The van der Waals surface area contributed by atoms with E-state index in [2.05, 4.69) is 79.0 Å². The van der Waals surface area contributed by atoms with E-state index in [-0.39, 0.29) is 34.4 Å². The predicted octanol–water partition coefficient (Wildman–Crippen LogP) is 9.56. The summed E-state index contributed by atoms with van der Waals surface area (Å²) >= 11 is 6.69. The molecule has 8 heteroatoms. The van der Waals surface area contributed by atoms with E-state index >= 15 is 0 Å². The van der Waals surface area contributed by atoms with Gasteiger partial charge in [0.2, 0.25) is 0 Å². The molecular formula is C37H74ClN5O2. The molecule has 0 aromatic rings. The third-order valence-electron chi connectivity index (χ3n) is 10.8. The minimum atomic E-state index is 0.0864. The molecule has 0 atom stereocenters. The number of piperidine rings is 2. The molecule has 3 saturated heterocycles. The van der Waals surface area contributed by atoms with Crippen molar-refractivity contribution >= 4 is 11.8 Å². The van der Waals surface area contributed by atoms with E-state index in [1.165, 1.54) is 90.1 Å². The summed E-state index contributed by atoms with van der Waals surface area (Å²) in [7, 11) is 0. The highest BCUT2D eigenvalue weighted by atomic mass is 35.5. The quantitative estimate of drug-likeness (QED) is 0.107. The maximum absolute atomic E-state index is 6.74. The van der Waals surface area contributed by atoms with Crippen LogP contribution in [0.4, 0.5) is 0 Å². The van der Waals surface area contributed by atoms with Crippen LogP contribution in [0.15, 0.2) is 0 Å². The average Bonchev–Trinajstić information content (AvgIpc) is 2.88. The second kappa shape index (κ2) is 17.6. The van der Waals surface area contributed by atoms with Crippen molar-refractivity contribution in [3.8, 4) is 0 Å². The molecular weight excluding hydrogens is 582 g/mol. The van der Waals surface area contributed by atoms with Crippen molar-refractivity contribution in [1.29, 1.82) is 0 Å². The zero-order chi connectivity index (χ0) is 33.3. The van der Waals surface area contributed by atoms with Gasteiger partial charge in [-0.05, 0) is 119 Å². The Morgan fingerprint density at radius 1 is 0.489 bits per heavy atom. The maximum Gasteiger partial charge on any atom is 0.103 e. The number of hydroxylamine groups is 4. The van der Waals surface area contributed by atoms with E-state index in [1.807, 2.05) is 10.1 Å². The number of hydrogen-bond donors (Lipinski definition) is 0. The molecule has 0 saturated carbocycles. The van der Waals surface area contributed by atoms with Gasteiger partial charge in [-0.25, -0.2) is 0 Å². The summed E-state index contributed by atoms with van der Waals surface area (Å²) in [5, 5.41) is 4.06. The first-order valence-corrected chi connectivity index (χ1v) is 19.2. The third kappa shape index (κ3) is 12.1. The number of likely N-dealkylation sites (tertiary alicyclic amines) is 2. The van der Waals surface area contributed by atoms with E-state index in [1.54, 1.807) is 4.42 Å². The summed E-state index contributed by atoms with van der Waals surface area (Å²) < 4.78 is 1.79. The summed E-state index contributed by atoms with van der Waals surface area (Å²) in [5.41, 5.74) is 0.346. The standard InChI is InChI=1S/C37H74ClN5O2/c1-11-13-15-17-19-21-23-42-34(3,4)25-32(26-35(42,5)6)44-40-29-39(38)30-41(31-40)45-33-27-36(7,8)43(37(9,10)28-33)24-22-20-18-16-14-12-2/h32-33H,11-31H2,1-10H3. The van der Waals surface area contributed by atoms with E-state index in [4.69, 9.17) is 21.5 Å². The lowest BCUT2D eigenvalue weighted by Crippen LogP contribution is -2.64. The van der Waals surface area contributed by atoms with Crippen LogP contribution >= 0.6 is 11.8 Å². The first kappa shape index (κ1) is 39.4. The third-order valence-corrected chi connectivity index (χ3v) is 11.1. The molecule has 0 aromatic heterocycles. The Hall–Kier alpha value is 0.01000. The molecule has 0 aliphatic carbocycles. The van der Waals surface area contributed by atoms with Crippen LogP contribution in [0.25, 0.3) is 0 Å². The zero-order valence-corrected chi connectivity index (χ0v) is 32.2. The molecule has 0 bridgehead atoms. The molecule has 7 nitrogen and oxygen atoms in total. The first-order valence-electron chi connectivity index (χ1n) is 18.9. The van der Waals surface area contributed by atoms with Gasteiger partial charge < -0.3 is 0 Å². The minimum Gasteiger partial charge on any atom is -0.293 e. The van der Waals surface area contributed by atoms with Gasteiger partial charge in [-0.15, -0.1) is 0 Å². The highest BCUT2D eigenvalue weighted by molar-refractivity contribution is 6.13. The second-order valence-electron chi connectivity index (χ2n) is 17.2. The van der Waals surface area contributed by atoms with Crippen LogP contribution in [-0.2, 0) is 9.68 Å². The Kier molecular flexibility index (Phi) is 15.4. The van der Waals surface area contributed by atoms with Gasteiger partial charge in [-0.2, -0.15) is 14.5 Å². The van der Waals surface area contributed by atoms with Crippen molar-refractivity contribution in [1.82, 2.24) is 24.3 Å². The Labute approximate surface area is 284 Å². The smallest absolute Gasteiger partial charge is 0.103 e. The fraction of sp³-hybridized carbons (Fsp3) is 1.00. The van der Waals surface area contributed by atoms with Gasteiger partial charge in [0, 0.05) is 22.2 Å². The van der Waals surface area contributed by atoms with E-state index < -0.39 is 0 Å². The molecule has 3 aliphatic heterocycles. The molecule has 0 radical (unpaired) electrons. The van der Waals surface area contributed by atoms with Crippen LogP contribution in [0.2, 0.25) is 0 Å². The normalized spacial score (nSPS) is 25.7. The van der Waals surface area contributed by atoms with Crippen LogP contribution in [0.5, 0.6) is 0 Å². The first-order chi connectivity index (χ1) is 21.1. The fourth-order valence-electron chi connectivity index (χ4n) is 9.12. The van der Waals surface area contributed by atoms with Crippen LogP contribution in [0.3, 0.4) is 0 Å². The monoisotopic (exact) mass is 656 g/mol. The number of hydrogen-bond acceptors (Lipinski definition) is 7. The molecule has 266 valence electrons. The molecule has 3 aliphatic rings. The summed E-state index contributed by atoms with van der Waals surface area (Å²) in [6.07, 6.45) is 20.5. The van der Waals surface area contributed by atoms with Gasteiger partial charge in [0.1, 0.15) is 6.67 Å². The Bertz CT molecular complexity index is 751. The number of halogens is 1. The predicted molar refractivity (Wildman–Crippen MR) is 191 cm³/mol. The van der Waals surface area contributed by atoms with Gasteiger partial charge in [0.25, 0.3) is 0 Å². The van der Waals surface area contributed by atoms with Crippen molar-refractivity contribution in [3.63, 3.8) is 0 Å².